The summed E-state index contributed by atoms with van der Waals surface area (Å²) in [5.41, 5.74) is 2.99. The molecule has 4 rings (SSSR count). The van der Waals surface area contributed by atoms with Gasteiger partial charge in [-0.15, -0.1) is 0 Å². The molecule has 142 valence electrons. The number of aryl methyl sites for hydroxylation is 1. The molecule has 0 aliphatic carbocycles. The van der Waals surface area contributed by atoms with E-state index in [1.165, 1.54) is 12.1 Å². The number of fused-ring (bicyclic) bond motifs is 1. The first-order chi connectivity index (χ1) is 13.4. The van der Waals surface area contributed by atoms with Gasteiger partial charge >= 0.3 is 6.18 Å². The molecule has 0 amide bonds. The fourth-order valence-electron chi connectivity index (χ4n) is 3.45. The second-order valence-electron chi connectivity index (χ2n) is 6.62. The number of hydrogen-bond acceptors (Lipinski definition) is 2. The lowest BCUT2D eigenvalue weighted by Crippen LogP contribution is -2.14. The number of aromatic amines is 1. The Morgan fingerprint density at radius 2 is 1.64 bits per heavy atom. The smallest absolute Gasteiger partial charge is 0.359 e. The van der Waals surface area contributed by atoms with Crippen LogP contribution in [0.15, 0.2) is 72.9 Å². The number of alkyl halides is 3. The number of halogens is 3. The monoisotopic (exact) mass is 381 g/mol. The molecule has 1 atom stereocenters. The predicted octanol–water partition coefficient (Wildman–Crippen LogP) is 6.09. The molecule has 0 spiro atoms. The molecule has 6 heteroatoms. The van der Waals surface area contributed by atoms with Crippen molar-refractivity contribution in [2.75, 3.05) is 5.32 Å². The normalized spacial score (nSPS) is 12.9. The van der Waals surface area contributed by atoms with Gasteiger partial charge < -0.3 is 10.3 Å². The zero-order valence-corrected chi connectivity index (χ0v) is 15.1. The van der Waals surface area contributed by atoms with E-state index in [1.54, 1.807) is 6.20 Å². The predicted molar refractivity (Wildman–Crippen MR) is 104 cm³/mol. The Kier molecular flexibility index (Phi) is 4.55. The van der Waals surface area contributed by atoms with E-state index >= 15 is 0 Å². The molecule has 0 radical (unpaired) electrons. The molecule has 0 saturated heterocycles. The van der Waals surface area contributed by atoms with Crippen LogP contribution in [0.25, 0.3) is 10.9 Å². The van der Waals surface area contributed by atoms with Crippen molar-refractivity contribution in [2.45, 2.75) is 19.1 Å². The van der Waals surface area contributed by atoms with Gasteiger partial charge in [0.05, 0.1) is 11.6 Å². The first-order valence-electron chi connectivity index (χ1n) is 8.85. The summed E-state index contributed by atoms with van der Waals surface area (Å²) in [5.74, 6) is 0.650. The Balaban J connectivity index is 1.83. The van der Waals surface area contributed by atoms with E-state index in [0.29, 0.717) is 5.82 Å². The second-order valence-corrected chi connectivity index (χ2v) is 6.62. The summed E-state index contributed by atoms with van der Waals surface area (Å²) < 4.78 is 38.9. The van der Waals surface area contributed by atoms with Gasteiger partial charge in [0.25, 0.3) is 0 Å². The quantitative estimate of drug-likeness (QED) is 0.449. The summed E-state index contributed by atoms with van der Waals surface area (Å²) in [7, 11) is 0. The molecule has 4 aromatic rings. The lowest BCUT2D eigenvalue weighted by atomic mass is 9.95. The van der Waals surface area contributed by atoms with Crippen molar-refractivity contribution >= 4 is 16.7 Å². The van der Waals surface area contributed by atoms with Gasteiger partial charge in [0.2, 0.25) is 0 Å². The van der Waals surface area contributed by atoms with E-state index in [1.807, 2.05) is 49.4 Å². The largest absolute Gasteiger partial charge is 0.416 e. The average Bonchev–Trinajstić information content (AvgIpc) is 3.02. The molecule has 0 fully saturated rings. The number of nitrogens with one attached hydrogen (secondary N) is 2. The Bertz CT molecular complexity index is 1080. The van der Waals surface area contributed by atoms with Gasteiger partial charge in [-0.2, -0.15) is 13.2 Å². The standard InChI is InChI=1S/C22H18F3N3/c1-14-20(17-6-2-3-7-18(17)27-14)21(28-19-8-4-5-13-26-19)15-9-11-16(12-10-15)22(23,24)25/h2-13,21,27H,1H3,(H,26,28)/t21-/m1/s1. The minimum absolute atomic E-state index is 0.353. The fraction of sp³-hybridized carbons (Fsp3) is 0.136. The van der Waals surface area contributed by atoms with Crippen molar-refractivity contribution in [2.24, 2.45) is 0 Å². The van der Waals surface area contributed by atoms with E-state index in [4.69, 9.17) is 0 Å². The maximum Gasteiger partial charge on any atom is 0.416 e. The number of hydrogen-bond donors (Lipinski definition) is 2. The Hall–Kier alpha value is -3.28. The molecular formula is C22H18F3N3. The fourth-order valence-corrected chi connectivity index (χ4v) is 3.45. The number of pyridine rings is 1. The highest BCUT2D eigenvalue weighted by Gasteiger charge is 2.30. The first kappa shape index (κ1) is 18.1. The van der Waals surface area contributed by atoms with Gasteiger partial charge in [0.1, 0.15) is 5.82 Å². The van der Waals surface area contributed by atoms with Crippen LogP contribution in [0.4, 0.5) is 19.0 Å². The van der Waals surface area contributed by atoms with Crippen molar-refractivity contribution in [3.05, 3.63) is 95.3 Å². The van der Waals surface area contributed by atoms with Crippen molar-refractivity contribution in [1.82, 2.24) is 9.97 Å². The van der Waals surface area contributed by atoms with Gasteiger partial charge in [0, 0.05) is 28.4 Å². The van der Waals surface area contributed by atoms with Crippen molar-refractivity contribution in [3.63, 3.8) is 0 Å². The molecule has 0 unspecified atom stereocenters. The molecular weight excluding hydrogens is 363 g/mol. The minimum Gasteiger partial charge on any atom is -0.359 e. The van der Waals surface area contributed by atoms with Crippen LogP contribution in [0.2, 0.25) is 0 Å². The van der Waals surface area contributed by atoms with E-state index in [-0.39, 0.29) is 6.04 Å². The highest BCUT2D eigenvalue weighted by atomic mass is 19.4. The van der Waals surface area contributed by atoms with Crippen LogP contribution < -0.4 is 5.32 Å². The zero-order chi connectivity index (χ0) is 19.7. The van der Waals surface area contributed by atoms with Crippen LogP contribution in [0.3, 0.4) is 0 Å². The van der Waals surface area contributed by atoms with Crippen LogP contribution >= 0.6 is 0 Å². The van der Waals surface area contributed by atoms with Crippen molar-refractivity contribution in [3.8, 4) is 0 Å². The molecule has 2 N–H and O–H groups in total. The first-order valence-corrected chi connectivity index (χ1v) is 8.85. The van der Waals surface area contributed by atoms with Crippen LogP contribution in [-0.4, -0.2) is 9.97 Å². The molecule has 0 aliphatic rings. The van der Waals surface area contributed by atoms with E-state index in [2.05, 4.69) is 15.3 Å². The Morgan fingerprint density at radius 3 is 2.32 bits per heavy atom. The zero-order valence-electron chi connectivity index (χ0n) is 15.1. The lowest BCUT2D eigenvalue weighted by molar-refractivity contribution is -0.137. The van der Waals surface area contributed by atoms with Crippen LogP contribution in [-0.2, 0) is 6.18 Å². The lowest BCUT2D eigenvalue weighted by Gasteiger charge is -2.21. The van der Waals surface area contributed by atoms with Crippen molar-refractivity contribution in [1.29, 1.82) is 0 Å². The number of nitrogens with zero attached hydrogens (tertiary/aromatic N) is 1. The number of rotatable bonds is 4. The second kappa shape index (κ2) is 7.03. The van der Waals surface area contributed by atoms with Gasteiger partial charge in [-0.3, -0.25) is 0 Å². The van der Waals surface area contributed by atoms with Gasteiger partial charge in [-0.05, 0) is 42.8 Å². The van der Waals surface area contributed by atoms with Crippen molar-refractivity contribution < 1.29 is 13.2 Å². The molecule has 0 bridgehead atoms. The maximum absolute atomic E-state index is 13.0. The maximum atomic E-state index is 13.0. The molecule has 0 aliphatic heterocycles. The molecule has 28 heavy (non-hydrogen) atoms. The highest BCUT2D eigenvalue weighted by molar-refractivity contribution is 5.86. The number of para-hydroxylation sites is 1. The molecule has 2 aromatic carbocycles. The summed E-state index contributed by atoms with van der Waals surface area (Å²) in [6.07, 6.45) is -2.69. The molecule has 0 saturated carbocycles. The minimum atomic E-state index is -4.36. The molecule has 2 heterocycles. The summed E-state index contributed by atoms with van der Waals surface area (Å²) >= 11 is 0. The van der Waals surface area contributed by atoms with Gasteiger partial charge in [0.15, 0.2) is 0 Å². The average molecular weight is 381 g/mol. The summed E-state index contributed by atoms with van der Waals surface area (Å²) in [6, 6.07) is 18.3. The topological polar surface area (TPSA) is 40.7 Å². The summed E-state index contributed by atoms with van der Waals surface area (Å²) in [4.78, 5) is 7.68. The number of aromatic nitrogens is 2. The third-order valence-corrected chi connectivity index (χ3v) is 4.76. The summed E-state index contributed by atoms with van der Waals surface area (Å²) in [5, 5.41) is 4.40. The van der Waals surface area contributed by atoms with E-state index in [9.17, 15) is 13.2 Å². The third kappa shape index (κ3) is 3.45. The van der Waals surface area contributed by atoms with Crippen LogP contribution in [0.5, 0.6) is 0 Å². The van der Waals surface area contributed by atoms with Crippen LogP contribution in [0, 0.1) is 6.92 Å². The third-order valence-electron chi connectivity index (χ3n) is 4.76. The summed E-state index contributed by atoms with van der Waals surface area (Å²) in [6.45, 7) is 1.96. The van der Waals surface area contributed by atoms with E-state index in [0.717, 1.165) is 39.9 Å². The van der Waals surface area contributed by atoms with Crippen LogP contribution in [0.1, 0.15) is 28.4 Å². The number of H-pyrrole nitrogens is 1. The van der Waals surface area contributed by atoms with E-state index < -0.39 is 11.7 Å². The molecule has 2 aromatic heterocycles. The van der Waals surface area contributed by atoms with Gasteiger partial charge in [-0.25, -0.2) is 4.98 Å². The number of benzene rings is 2. The Morgan fingerprint density at radius 1 is 0.929 bits per heavy atom. The SMILES string of the molecule is Cc1[nH]c2ccccc2c1[C@H](Nc1ccccn1)c1ccc(C(F)(F)F)cc1. The highest BCUT2D eigenvalue weighted by Crippen LogP contribution is 2.36. The number of anilines is 1. The van der Waals surface area contributed by atoms with Gasteiger partial charge in [-0.1, -0.05) is 36.4 Å². The Labute approximate surface area is 160 Å². The molecule has 3 nitrogen and oxygen atoms in total.